The molecule has 5 heteroatoms. The first kappa shape index (κ1) is 11.9. The average Bonchev–Trinajstić information content (AvgIpc) is 2.70. The second-order valence-corrected chi connectivity index (χ2v) is 4.64. The number of fused-ring (bicyclic) bond motifs is 1. The van der Waals surface area contributed by atoms with Crippen LogP contribution in [0.2, 0.25) is 0 Å². The first-order valence-electron chi connectivity index (χ1n) is 6.48. The van der Waals surface area contributed by atoms with Gasteiger partial charge in [-0.15, -0.1) is 0 Å². The Bertz CT molecular complexity index is 542. The number of nitrogens with two attached hydrogens (primary N) is 1. The van der Waals surface area contributed by atoms with Crippen molar-refractivity contribution >= 4 is 11.8 Å². The highest BCUT2D eigenvalue weighted by atomic mass is 15.3. The van der Waals surface area contributed by atoms with Crippen LogP contribution in [-0.2, 0) is 12.8 Å². The van der Waals surface area contributed by atoms with Crippen molar-refractivity contribution in [2.75, 3.05) is 23.4 Å². The maximum Gasteiger partial charge on any atom is 0.239 e. The number of nitrogens with one attached hydrogen (secondary N) is 1. The molecule has 1 aromatic carbocycles. The van der Waals surface area contributed by atoms with Gasteiger partial charge in [-0.25, -0.2) is 10.8 Å². The molecule has 1 aliphatic rings. The van der Waals surface area contributed by atoms with Crippen LogP contribution in [0.4, 0.5) is 11.8 Å². The van der Waals surface area contributed by atoms with Gasteiger partial charge >= 0.3 is 0 Å². The van der Waals surface area contributed by atoms with E-state index in [1.165, 1.54) is 11.1 Å². The molecule has 0 amide bonds. The van der Waals surface area contributed by atoms with E-state index in [-0.39, 0.29) is 0 Å². The predicted molar refractivity (Wildman–Crippen MR) is 75.9 cm³/mol. The summed E-state index contributed by atoms with van der Waals surface area (Å²) in [5, 5.41) is 0. The lowest BCUT2D eigenvalue weighted by atomic mass is 10.0. The van der Waals surface area contributed by atoms with Crippen LogP contribution in [0.5, 0.6) is 0 Å². The second kappa shape index (κ2) is 5.24. The van der Waals surface area contributed by atoms with E-state index in [2.05, 4.69) is 44.6 Å². The van der Waals surface area contributed by atoms with Gasteiger partial charge in [0, 0.05) is 19.3 Å². The van der Waals surface area contributed by atoms with Crippen molar-refractivity contribution in [3.05, 3.63) is 47.7 Å². The van der Waals surface area contributed by atoms with Crippen molar-refractivity contribution in [2.24, 2.45) is 5.84 Å². The maximum atomic E-state index is 5.35. The summed E-state index contributed by atoms with van der Waals surface area (Å²) in [5.41, 5.74) is 5.37. The monoisotopic (exact) mass is 255 g/mol. The van der Waals surface area contributed by atoms with Crippen LogP contribution in [0.1, 0.15) is 11.1 Å². The molecule has 19 heavy (non-hydrogen) atoms. The van der Waals surface area contributed by atoms with Gasteiger partial charge in [-0.2, -0.15) is 4.98 Å². The Hall–Kier alpha value is -2.14. The summed E-state index contributed by atoms with van der Waals surface area (Å²) < 4.78 is 0. The molecule has 98 valence electrons. The Balaban J connectivity index is 1.81. The molecule has 5 nitrogen and oxygen atoms in total. The van der Waals surface area contributed by atoms with Crippen LogP contribution in [0.15, 0.2) is 36.5 Å². The third-order valence-corrected chi connectivity index (χ3v) is 3.51. The number of nitrogen functional groups attached to an aromatic ring is 1. The number of hydrazine groups is 1. The van der Waals surface area contributed by atoms with E-state index in [0.717, 1.165) is 31.7 Å². The van der Waals surface area contributed by atoms with Crippen LogP contribution in [0.25, 0.3) is 0 Å². The van der Waals surface area contributed by atoms with Gasteiger partial charge in [-0.1, -0.05) is 24.3 Å². The van der Waals surface area contributed by atoms with Crippen molar-refractivity contribution in [1.82, 2.24) is 9.97 Å². The van der Waals surface area contributed by atoms with Crippen molar-refractivity contribution in [3.8, 4) is 0 Å². The van der Waals surface area contributed by atoms with Crippen LogP contribution in [-0.4, -0.2) is 23.1 Å². The highest BCUT2D eigenvalue weighted by molar-refractivity contribution is 5.44. The fourth-order valence-electron chi connectivity index (χ4n) is 2.49. The number of aromatic nitrogens is 2. The predicted octanol–water partition coefficient (Wildman–Crippen LogP) is 1.37. The molecule has 0 radical (unpaired) electrons. The average molecular weight is 255 g/mol. The number of hydrogen-bond acceptors (Lipinski definition) is 5. The van der Waals surface area contributed by atoms with E-state index < -0.39 is 0 Å². The molecule has 0 bridgehead atoms. The van der Waals surface area contributed by atoms with Gasteiger partial charge in [0.25, 0.3) is 0 Å². The number of hydrogen-bond donors (Lipinski definition) is 2. The van der Waals surface area contributed by atoms with Gasteiger partial charge < -0.3 is 4.90 Å². The molecule has 2 aromatic rings. The topological polar surface area (TPSA) is 67.1 Å². The summed E-state index contributed by atoms with van der Waals surface area (Å²) in [6.07, 6.45) is 3.83. The lowest BCUT2D eigenvalue weighted by Crippen LogP contribution is -2.27. The lowest BCUT2D eigenvalue weighted by Gasteiger charge is -2.21. The lowest BCUT2D eigenvalue weighted by molar-refractivity contribution is 0.788. The summed E-state index contributed by atoms with van der Waals surface area (Å²) in [7, 11) is 0. The number of benzene rings is 1. The molecule has 0 saturated carbocycles. The minimum atomic E-state index is 0.458. The zero-order valence-electron chi connectivity index (χ0n) is 10.7. The Morgan fingerprint density at radius 1 is 1.05 bits per heavy atom. The van der Waals surface area contributed by atoms with E-state index in [9.17, 15) is 0 Å². The molecule has 3 N–H and O–H groups in total. The number of anilines is 2. The van der Waals surface area contributed by atoms with Crippen molar-refractivity contribution in [3.63, 3.8) is 0 Å². The third kappa shape index (κ3) is 2.51. The Morgan fingerprint density at radius 2 is 1.74 bits per heavy atom. The normalized spacial score (nSPS) is 14.7. The molecule has 0 spiro atoms. The molecule has 0 fully saturated rings. The molecule has 1 aliphatic heterocycles. The first-order valence-corrected chi connectivity index (χ1v) is 6.48. The Kier molecular flexibility index (Phi) is 3.29. The quantitative estimate of drug-likeness (QED) is 0.626. The fourth-order valence-corrected chi connectivity index (χ4v) is 2.49. The van der Waals surface area contributed by atoms with Crippen LogP contribution >= 0.6 is 0 Å². The standard InChI is InChI=1S/C14H17N5/c15-18-14-16-8-5-13(17-14)19-9-6-11-3-1-2-4-12(11)7-10-19/h1-5,8H,6-7,9-10,15H2,(H,16,17,18). The molecule has 0 unspecified atom stereocenters. The molecule has 2 heterocycles. The summed E-state index contributed by atoms with van der Waals surface area (Å²) in [6.45, 7) is 1.94. The number of nitrogens with zero attached hydrogens (tertiary/aromatic N) is 3. The minimum Gasteiger partial charge on any atom is -0.356 e. The van der Waals surface area contributed by atoms with Crippen molar-refractivity contribution in [1.29, 1.82) is 0 Å². The van der Waals surface area contributed by atoms with Crippen LogP contribution in [0.3, 0.4) is 0 Å². The van der Waals surface area contributed by atoms with Gasteiger partial charge in [0.1, 0.15) is 5.82 Å². The molecule has 1 aromatic heterocycles. The third-order valence-electron chi connectivity index (χ3n) is 3.51. The highest BCUT2D eigenvalue weighted by Gasteiger charge is 2.15. The van der Waals surface area contributed by atoms with Gasteiger partial charge in [-0.3, -0.25) is 5.43 Å². The van der Waals surface area contributed by atoms with E-state index >= 15 is 0 Å². The number of rotatable bonds is 2. The van der Waals surface area contributed by atoms with E-state index in [0.29, 0.717) is 5.95 Å². The smallest absolute Gasteiger partial charge is 0.239 e. The first-order chi connectivity index (χ1) is 9.36. The van der Waals surface area contributed by atoms with Crippen LogP contribution < -0.4 is 16.2 Å². The zero-order valence-corrected chi connectivity index (χ0v) is 10.7. The summed E-state index contributed by atoms with van der Waals surface area (Å²) in [5.74, 6) is 6.74. The van der Waals surface area contributed by atoms with Crippen molar-refractivity contribution in [2.45, 2.75) is 12.8 Å². The summed E-state index contributed by atoms with van der Waals surface area (Å²) in [4.78, 5) is 10.7. The van der Waals surface area contributed by atoms with E-state index in [4.69, 9.17) is 5.84 Å². The molecule has 0 aliphatic carbocycles. The SMILES string of the molecule is NNc1nccc(N2CCc3ccccc3CC2)n1. The maximum absolute atomic E-state index is 5.35. The van der Waals surface area contributed by atoms with E-state index in [1.54, 1.807) is 6.20 Å². The molecular weight excluding hydrogens is 238 g/mol. The highest BCUT2D eigenvalue weighted by Crippen LogP contribution is 2.19. The Morgan fingerprint density at radius 3 is 2.37 bits per heavy atom. The molecule has 3 rings (SSSR count). The summed E-state index contributed by atoms with van der Waals surface area (Å²) >= 11 is 0. The largest absolute Gasteiger partial charge is 0.356 e. The van der Waals surface area contributed by atoms with Gasteiger partial charge in [0.05, 0.1) is 0 Å². The second-order valence-electron chi connectivity index (χ2n) is 4.64. The zero-order chi connectivity index (χ0) is 13.1. The van der Waals surface area contributed by atoms with Crippen molar-refractivity contribution < 1.29 is 0 Å². The van der Waals surface area contributed by atoms with E-state index in [1.807, 2.05) is 6.07 Å². The van der Waals surface area contributed by atoms with Gasteiger partial charge in [0.2, 0.25) is 5.95 Å². The molecule has 0 saturated heterocycles. The fraction of sp³-hybridized carbons (Fsp3) is 0.286. The van der Waals surface area contributed by atoms with Gasteiger partial charge in [0.15, 0.2) is 0 Å². The van der Waals surface area contributed by atoms with Crippen LogP contribution in [0, 0.1) is 0 Å². The molecular formula is C14H17N5. The minimum absolute atomic E-state index is 0.458. The summed E-state index contributed by atoms with van der Waals surface area (Å²) in [6, 6.07) is 10.6. The molecule has 0 atom stereocenters. The Labute approximate surface area is 112 Å². The van der Waals surface area contributed by atoms with Gasteiger partial charge in [-0.05, 0) is 30.0 Å².